The van der Waals surface area contributed by atoms with Gasteiger partial charge in [-0.05, 0) is 29.7 Å². The summed E-state index contributed by atoms with van der Waals surface area (Å²) in [4.78, 5) is 0. The standard InChI is InChI=1S/C14H21FOS/c1-10-5-6-12(7-13(10)15)16-8-11(9-17)14(2,3)4/h5-7,11,17H,8-9H2,1-4H3. The molecule has 1 nitrogen and oxygen atoms in total. The predicted molar refractivity (Wildman–Crippen MR) is 73.4 cm³/mol. The third-order valence-corrected chi connectivity index (χ3v) is 3.48. The van der Waals surface area contributed by atoms with Crippen molar-refractivity contribution in [3.8, 4) is 5.75 Å². The van der Waals surface area contributed by atoms with Gasteiger partial charge < -0.3 is 4.74 Å². The Hall–Kier alpha value is -0.700. The number of rotatable bonds is 4. The van der Waals surface area contributed by atoms with Crippen molar-refractivity contribution in [3.05, 3.63) is 29.6 Å². The van der Waals surface area contributed by atoms with Crippen molar-refractivity contribution in [2.75, 3.05) is 12.4 Å². The third-order valence-electron chi connectivity index (χ3n) is 3.04. The number of ether oxygens (including phenoxy) is 1. The molecule has 0 aliphatic carbocycles. The second-order valence-corrected chi connectivity index (χ2v) is 5.83. The molecule has 1 rings (SSSR count). The summed E-state index contributed by atoms with van der Waals surface area (Å²) in [5, 5.41) is 0. The van der Waals surface area contributed by atoms with E-state index in [0.717, 1.165) is 5.75 Å². The molecule has 1 aromatic carbocycles. The third kappa shape index (κ3) is 4.23. The van der Waals surface area contributed by atoms with E-state index in [4.69, 9.17) is 4.74 Å². The van der Waals surface area contributed by atoms with Gasteiger partial charge in [0, 0.05) is 12.0 Å². The van der Waals surface area contributed by atoms with Gasteiger partial charge in [-0.2, -0.15) is 12.6 Å². The fourth-order valence-corrected chi connectivity index (χ4v) is 2.09. The smallest absolute Gasteiger partial charge is 0.129 e. The average Bonchev–Trinajstić information content (AvgIpc) is 2.22. The minimum Gasteiger partial charge on any atom is -0.493 e. The molecule has 1 atom stereocenters. The first kappa shape index (κ1) is 14.4. The van der Waals surface area contributed by atoms with Gasteiger partial charge in [-0.3, -0.25) is 0 Å². The van der Waals surface area contributed by atoms with Gasteiger partial charge in [-0.25, -0.2) is 4.39 Å². The molecule has 0 aliphatic rings. The molecule has 1 aromatic rings. The largest absolute Gasteiger partial charge is 0.493 e. The van der Waals surface area contributed by atoms with Crippen LogP contribution in [-0.2, 0) is 0 Å². The monoisotopic (exact) mass is 256 g/mol. The van der Waals surface area contributed by atoms with Crippen LogP contribution >= 0.6 is 12.6 Å². The van der Waals surface area contributed by atoms with E-state index in [1.54, 1.807) is 19.1 Å². The molecule has 0 spiro atoms. The summed E-state index contributed by atoms with van der Waals surface area (Å²) in [6.07, 6.45) is 0. The first-order valence-corrected chi connectivity index (χ1v) is 6.47. The van der Waals surface area contributed by atoms with Crippen LogP contribution in [0.15, 0.2) is 18.2 Å². The van der Waals surface area contributed by atoms with Gasteiger partial charge in [0.2, 0.25) is 0 Å². The highest BCUT2D eigenvalue weighted by Gasteiger charge is 2.23. The lowest BCUT2D eigenvalue weighted by molar-refractivity contribution is 0.165. The second kappa shape index (κ2) is 5.76. The molecule has 0 fully saturated rings. The van der Waals surface area contributed by atoms with Crippen LogP contribution in [0.2, 0.25) is 0 Å². The lowest BCUT2D eigenvalue weighted by Crippen LogP contribution is -2.28. The van der Waals surface area contributed by atoms with Gasteiger partial charge in [0.25, 0.3) is 0 Å². The maximum atomic E-state index is 13.3. The van der Waals surface area contributed by atoms with E-state index >= 15 is 0 Å². The minimum absolute atomic E-state index is 0.144. The molecule has 96 valence electrons. The molecular weight excluding hydrogens is 235 g/mol. The van der Waals surface area contributed by atoms with E-state index in [0.29, 0.717) is 23.8 Å². The maximum absolute atomic E-state index is 13.3. The van der Waals surface area contributed by atoms with Crippen molar-refractivity contribution in [2.24, 2.45) is 11.3 Å². The molecule has 0 heterocycles. The molecule has 0 radical (unpaired) electrons. The Balaban J connectivity index is 2.63. The number of thiol groups is 1. The van der Waals surface area contributed by atoms with Crippen LogP contribution in [0.25, 0.3) is 0 Å². The lowest BCUT2D eigenvalue weighted by atomic mass is 9.82. The van der Waals surface area contributed by atoms with Crippen molar-refractivity contribution < 1.29 is 9.13 Å². The van der Waals surface area contributed by atoms with Gasteiger partial charge in [-0.15, -0.1) is 0 Å². The number of hydrogen-bond donors (Lipinski definition) is 1. The summed E-state index contributed by atoms with van der Waals surface area (Å²) in [5.41, 5.74) is 0.782. The van der Waals surface area contributed by atoms with Crippen LogP contribution in [0.1, 0.15) is 26.3 Å². The number of benzene rings is 1. The van der Waals surface area contributed by atoms with E-state index in [2.05, 4.69) is 33.4 Å². The zero-order chi connectivity index (χ0) is 13.1. The first-order chi connectivity index (χ1) is 7.84. The van der Waals surface area contributed by atoms with E-state index in [9.17, 15) is 4.39 Å². The molecule has 0 saturated carbocycles. The normalized spacial score (nSPS) is 13.5. The van der Waals surface area contributed by atoms with E-state index in [1.807, 2.05) is 0 Å². The summed E-state index contributed by atoms with van der Waals surface area (Å²) in [7, 11) is 0. The summed E-state index contributed by atoms with van der Waals surface area (Å²) in [6, 6.07) is 4.97. The van der Waals surface area contributed by atoms with Gasteiger partial charge in [0.15, 0.2) is 0 Å². The van der Waals surface area contributed by atoms with Crippen LogP contribution in [0.5, 0.6) is 5.75 Å². The zero-order valence-electron chi connectivity index (χ0n) is 11.0. The summed E-state index contributed by atoms with van der Waals surface area (Å²) < 4.78 is 19.0. The molecule has 0 amide bonds. The average molecular weight is 256 g/mol. The van der Waals surface area contributed by atoms with Crippen molar-refractivity contribution in [1.29, 1.82) is 0 Å². The Morgan fingerprint density at radius 3 is 2.47 bits per heavy atom. The van der Waals surface area contributed by atoms with Crippen molar-refractivity contribution in [2.45, 2.75) is 27.7 Å². The van der Waals surface area contributed by atoms with E-state index in [-0.39, 0.29) is 11.2 Å². The second-order valence-electron chi connectivity index (χ2n) is 5.47. The van der Waals surface area contributed by atoms with Crippen molar-refractivity contribution in [3.63, 3.8) is 0 Å². The number of hydrogen-bond acceptors (Lipinski definition) is 2. The fourth-order valence-electron chi connectivity index (χ4n) is 1.44. The highest BCUT2D eigenvalue weighted by atomic mass is 32.1. The summed E-state index contributed by atoms with van der Waals surface area (Å²) >= 11 is 4.34. The molecule has 0 aromatic heterocycles. The Morgan fingerprint density at radius 1 is 1.35 bits per heavy atom. The minimum atomic E-state index is -0.222. The van der Waals surface area contributed by atoms with Gasteiger partial charge >= 0.3 is 0 Å². The van der Waals surface area contributed by atoms with Crippen LogP contribution in [0.4, 0.5) is 4.39 Å². The molecule has 0 aliphatic heterocycles. The Bertz CT molecular complexity index is 371. The van der Waals surface area contributed by atoms with Gasteiger partial charge in [0.05, 0.1) is 6.61 Å². The van der Waals surface area contributed by atoms with E-state index in [1.165, 1.54) is 6.07 Å². The number of halogens is 1. The van der Waals surface area contributed by atoms with E-state index < -0.39 is 0 Å². The molecule has 1 unspecified atom stereocenters. The van der Waals surface area contributed by atoms with Gasteiger partial charge in [-0.1, -0.05) is 26.8 Å². The zero-order valence-corrected chi connectivity index (χ0v) is 11.9. The lowest BCUT2D eigenvalue weighted by Gasteiger charge is -2.29. The van der Waals surface area contributed by atoms with Crippen LogP contribution in [-0.4, -0.2) is 12.4 Å². The predicted octanol–water partition coefficient (Wildman–Crippen LogP) is 4.11. The highest BCUT2D eigenvalue weighted by molar-refractivity contribution is 7.80. The first-order valence-electron chi connectivity index (χ1n) is 5.84. The van der Waals surface area contributed by atoms with Crippen LogP contribution < -0.4 is 4.74 Å². The topological polar surface area (TPSA) is 9.23 Å². The Labute approximate surface area is 109 Å². The SMILES string of the molecule is Cc1ccc(OCC(CS)C(C)(C)C)cc1F. The molecule has 0 N–H and O–H groups in total. The molecule has 0 bridgehead atoms. The summed E-state index contributed by atoms with van der Waals surface area (Å²) in [5.74, 6) is 1.47. The Morgan fingerprint density at radius 2 is 2.00 bits per heavy atom. The molecule has 3 heteroatoms. The van der Waals surface area contributed by atoms with Gasteiger partial charge in [0.1, 0.15) is 11.6 Å². The number of aryl methyl sites for hydroxylation is 1. The Kier molecular flexibility index (Phi) is 4.87. The molecule has 0 saturated heterocycles. The molecule has 17 heavy (non-hydrogen) atoms. The maximum Gasteiger partial charge on any atom is 0.129 e. The highest BCUT2D eigenvalue weighted by Crippen LogP contribution is 2.28. The van der Waals surface area contributed by atoms with Crippen molar-refractivity contribution >= 4 is 12.6 Å². The fraction of sp³-hybridized carbons (Fsp3) is 0.571. The van der Waals surface area contributed by atoms with Crippen molar-refractivity contribution in [1.82, 2.24) is 0 Å². The van der Waals surface area contributed by atoms with Crippen LogP contribution in [0.3, 0.4) is 0 Å². The van der Waals surface area contributed by atoms with Crippen LogP contribution in [0, 0.1) is 24.1 Å². The quantitative estimate of drug-likeness (QED) is 0.798. The molecular formula is C14H21FOS. The summed E-state index contributed by atoms with van der Waals surface area (Å²) in [6.45, 7) is 8.78.